The predicted molar refractivity (Wildman–Crippen MR) is 52.3 cm³/mol. The first-order valence-electron chi connectivity index (χ1n) is 4.98. The van der Waals surface area contributed by atoms with Crippen molar-refractivity contribution in [2.75, 3.05) is 0 Å². The van der Waals surface area contributed by atoms with Gasteiger partial charge in [0.15, 0.2) is 0 Å². The van der Waals surface area contributed by atoms with E-state index in [0.29, 0.717) is 12.1 Å². The number of carboxylic acids is 1. The van der Waals surface area contributed by atoms with Gasteiger partial charge in [0.2, 0.25) is 0 Å². The van der Waals surface area contributed by atoms with E-state index in [0.717, 1.165) is 18.4 Å². The Morgan fingerprint density at radius 1 is 1.73 bits per heavy atom. The summed E-state index contributed by atoms with van der Waals surface area (Å²) in [6.45, 7) is 0. The summed E-state index contributed by atoms with van der Waals surface area (Å²) >= 11 is 0. The molecule has 0 radical (unpaired) electrons. The van der Waals surface area contributed by atoms with Crippen molar-refractivity contribution in [1.29, 1.82) is 0 Å². The highest BCUT2D eigenvalue weighted by Crippen LogP contribution is 2.37. The van der Waals surface area contributed by atoms with Crippen LogP contribution in [0.5, 0.6) is 0 Å². The van der Waals surface area contributed by atoms with E-state index in [1.165, 1.54) is 0 Å². The van der Waals surface area contributed by atoms with Gasteiger partial charge in [0.25, 0.3) is 0 Å². The SMILES string of the molecule is Cn1ncc2c1C(O)(CC(=O)O)CCC2. The molecular weight excluding hydrogens is 196 g/mol. The van der Waals surface area contributed by atoms with Gasteiger partial charge in [-0.15, -0.1) is 0 Å². The van der Waals surface area contributed by atoms with Crippen molar-refractivity contribution in [1.82, 2.24) is 9.78 Å². The van der Waals surface area contributed by atoms with Crippen LogP contribution in [-0.4, -0.2) is 26.0 Å². The molecule has 0 saturated carbocycles. The van der Waals surface area contributed by atoms with Gasteiger partial charge in [-0.2, -0.15) is 5.10 Å². The molecule has 1 aliphatic rings. The molecule has 0 saturated heterocycles. The van der Waals surface area contributed by atoms with Gasteiger partial charge in [0, 0.05) is 7.05 Å². The second-order valence-electron chi connectivity index (χ2n) is 4.10. The molecule has 0 spiro atoms. The van der Waals surface area contributed by atoms with Crippen LogP contribution in [0, 0.1) is 0 Å². The first-order valence-corrected chi connectivity index (χ1v) is 4.98. The van der Waals surface area contributed by atoms with Crippen molar-refractivity contribution in [3.8, 4) is 0 Å². The van der Waals surface area contributed by atoms with Crippen LogP contribution in [0.2, 0.25) is 0 Å². The van der Waals surface area contributed by atoms with E-state index in [2.05, 4.69) is 5.10 Å². The first-order chi connectivity index (χ1) is 7.03. The lowest BCUT2D eigenvalue weighted by molar-refractivity contribution is -0.144. The average Bonchev–Trinajstić information content (AvgIpc) is 2.47. The van der Waals surface area contributed by atoms with E-state index in [-0.39, 0.29) is 6.42 Å². The third-order valence-electron chi connectivity index (χ3n) is 2.94. The number of aromatic nitrogens is 2. The van der Waals surface area contributed by atoms with Crippen LogP contribution in [0.15, 0.2) is 6.20 Å². The van der Waals surface area contributed by atoms with Gasteiger partial charge in [0.1, 0.15) is 5.60 Å². The zero-order chi connectivity index (χ0) is 11.1. The second kappa shape index (κ2) is 3.34. The average molecular weight is 210 g/mol. The molecule has 1 aromatic heterocycles. The van der Waals surface area contributed by atoms with E-state index in [4.69, 9.17) is 5.11 Å². The molecule has 82 valence electrons. The van der Waals surface area contributed by atoms with Crippen LogP contribution in [0.4, 0.5) is 0 Å². The molecule has 1 unspecified atom stereocenters. The number of fused-ring (bicyclic) bond motifs is 1. The summed E-state index contributed by atoms with van der Waals surface area (Å²) in [5.74, 6) is -0.980. The van der Waals surface area contributed by atoms with Crippen LogP contribution in [-0.2, 0) is 23.9 Å². The molecule has 0 aromatic carbocycles. The van der Waals surface area contributed by atoms with Gasteiger partial charge in [-0.1, -0.05) is 0 Å². The van der Waals surface area contributed by atoms with Crippen molar-refractivity contribution in [2.24, 2.45) is 7.05 Å². The zero-order valence-corrected chi connectivity index (χ0v) is 8.60. The molecule has 5 heteroatoms. The number of nitrogens with zero attached hydrogens (tertiary/aromatic N) is 2. The summed E-state index contributed by atoms with van der Waals surface area (Å²) in [7, 11) is 1.73. The van der Waals surface area contributed by atoms with Crippen LogP contribution >= 0.6 is 0 Å². The molecule has 15 heavy (non-hydrogen) atoms. The van der Waals surface area contributed by atoms with E-state index in [1.807, 2.05) is 0 Å². The highest BCUT2D eigenvalue weighted by molar-refractivity contribution is 5.68. The van der Waals surface area contributed by atoms with Crippen molar-refractivity contribution in [2.45, 2.75) is 31.3 Å². The van der Waals surface area contributed by atoms with Crippen molar-refractivity contribution >= 4 is 5.97 Å². The highest BCUT2D eigenvalue weighted by Gasteiger charge is 2.39. The largest absolute Gasteiger partial charge is 0.481 e. The van der Waals surface area contributed by atoms with Crippen LogP contribution < -0.4 is 0 Å². The number of aryl methyl sites for hydroxylation is 2. The lowest BCUT2D eigenvalue weighted by Crippen LogP contribution is -2.35. The maximum absolute atomic E-state index is 10.7. The fourth-order valence-electron chi connectivity index (χ4n) is 2.38. The number of hydrogen-bond acceptors (Lipinski definition) is 3. The standard InChI is InChI=1S/C10H14N2O3/c1-12-9-7(6-11-12)3-2-4-10(9,15)5-8(13)14/h6,15H,2-5H2,1H3,(H,13,14). The lowest BCUT2D eigenvalue weighted by atomic mass is 9.81. The fourth-order valence-corrected chi connectivity index (χ4v) is 2.38. The smallest absolute Gasteiger partial charge is 0.306 e. The molecular formula is C10H14N2O3. The molecule has 2 N–H and O–H groups in total. The number of hydrogen-bond donors (Lipinski definition) is 2. The maximum Gasteiger partial charge on any atom is 0.306 e. The quantitative estimate of drug-likeness (QED) is 0.741. The van der Waals surface area contributed by atoms with Gasteiger partial charge in [-0.05, 0) is 24.8 Å². The third-order valence-corrected chi connectivity index (χ3v) is 2.94. The number of carbonyl (C=O) groups is 1. The Hall–Kier alpha value is -1.36. The van der Waals surface area contributed by atoms with Gasteiger partial charge in [-0.25, -0.2) is 0 Å². The molecule has 1 atom stereocenters. The molecule has 1 aliphatic carbocycles. The molecule has 0 fully saturated rings. The predicted octanol–water partition coefficient (Wildman–Crippen LogP) is 0.419. The number of carboxylic acid groups (broad SMARTS) is 1. The van der Waals surface area contributed by atoms with Gasteiger partial charge in [-0.3, -0.25) is 9.48 Å². The molecule has 0 amide bonds. The van der Waals surface area contributed by atoms with E-state index in [9.17, 15) is 9.90 Å². The Bertz CT molecular complexity index is 399. The molecule has 2 rings (SSSR count). The Morgan fingerprint density at radius 2 is 2.47 bits per heavy atom. The van der Waals surface area contributed by atoms with Crippen LogP contribution in [0.1, 0.15) is 30.5 Å². The normalized spacial score (nSPS) is 24.9. The second-order valence-corrected chi connectivity index (χ2v) is 4.10. The monoisotopic (exact) mass is 210 g/mol. The molecule has 0 aliphatic heterocycles. The Labute approximate surface area is 87.3 Å². The fraction of sp³-hybridized carbons (Fsp3) is 0.600. The molecule has 1 aromatic rings. The maximum atomic E-state index is 10.7. The summed E-state index contributed by atoms with van der Waals surface area (Å²) in [5.41, 5.74) is 0.383. The first kappa shape index (κ1) is 10.2. The van der Waals surface area contributed by atoms with Crippen LogP contribution in [0.3, 0.4) is 0 Å². The van der Waals surface area contributed by atoms with Gasteiger partial charge < -0.3 is 10.2 Å². The Morgan fingerprint density at radius 3 is 3.13 bits per heavy atom. The Balaban J connectivity index is 2.43. The summed E-state index contributed by atoms with van der Waals surface area (Å²) in [6, 6.07) is 0. The van der Waals surface area contributed by atoms with E-state index in [1.54, 1.807) is 17.9 Å². The number of aliphatic carboxylic acids is 1. The van der Waals surface area contributed by atoms with E-state index < -0.39 is 11.6 Å². The number of aliphatic hydroxyl groups is 1. The van der Waals surface area contributed by atoms with Crippen molar-refractivity contribution < 1.29 is 15.0 Å². The summed E-state index contributed by atoms with van der Waals surface area (Å²) < 4.78 is 1.58. The lowest BCUT2D eigenvalue weighted by Gasteiger charge is -2.31. The molecule has 5 nitrogen and oxygen atoms in total. The molecule has 1 heterocycles. The molecule has 0 bridgehead atoms. The Kier molecular flexibility index (Phi) is 2.26. The van der Waals surface area contributed by atoms with Gasteiger partial charge in [0.05, 0.1) is 18.3 Å². The van der Waals surface area contributed by atoms with E-state index >= 15 is 0 Å². The minimum absolute atomic E-state index is 0.250. The summed E-state index contributed by atoms with van der Waals surface area (Å²) in [4.78, 5) is 10.7. The minimum Gasteiger partial charge on any atom is -0.481 e. The van der Waals surface area contributed by atoms with Crippen LogP contribution in [0.25, 0.3) is 0 Å². The highest BCUT2D eigenvalue weighted by atomic mass is 16.4. The number of rotatable bonds is 2. The topological polar surface area (TPSA) is 75.3 Å². The summed E-state index contributed by atoms with van der Waals surface area (Å²) in [5, 5.41) is 23.2. The zero-order valence-electron chi connectivity index (χ0n) is 8.60. The summed E-state index contributed by atoms with van der Waals surface area (Å²) in [6.07, 6.45) is 3.63. The van der Waals surface area contributed by atoms with Gasteiger partial charge >= 0.3 is 5.97 Å². The van der Waals surface area contributed by atoms with Crippen molar-refractivity contribution in [3.05, 3.63) is 17.5 Å². The van der Waals surface area contributed by atoms with Crippen molar-refractivity contribution in [3.63, 3.8) is 0 Å². The third kappa shape index (κ3) is 1.63. The minimum atomic E-state index is -1.25.